The number of unbranched alkanes of at least 4 members (excludes halogenated alkanes) is 1. The van der Waals surface area contributed by atoms with Crippen molar-refractivity contribution >= 4 is 35.2 Å². The fourth-order valence-electron chi connectivity index (χ4n) is 4.61. The van der Waals surface area contributed by atoms with Crippen molar-refractivity contribution in [3.8, 4) is 5.75 Å². The van der Waals surface area contributed by atoms with Gasteiger partial charge < -0.3 is 30.7 Å². The highest BCUT2D eigenvalue weighted by Crippen LogP contribution is 2.26. The second kappa shape index (κ2) is 15.6. The van der Waals surface area contributed by atoms with E-state index in [-0.39, 0.29) is 18.4 Å². The lowest BCUT2D eigenvalue weighted by atomic mass is 9.85. The summed E-state index contributed by atoms with van der Waals surface area (Å²) in [5.41, 5.74) is 5.98. The van der Waals surface area contributed by atoms with Crippen LogP contribution in [0.4, 0.5) is 0 Å². The average Bonchev–Trinajstić information content (AvgIpc) is 3.44. The van der Waals surface area contributed by atoms with Gasteiger partial charge in [-0.25, -0.2) is 0 Å². The molecule has 0 bridgehead atoms. The van der Waals surface area contributed by atoms with Crippen LogP contribution in [0.3, 0.4) is 0 Å². The molecular weight excluding hydrogens is 560 g/mol. The van der Waals surface area contributed by atoms with Crippen molar-refractivity contribution in [1.29, 1.82) is 0 Å². The summed E-state index contributed by atoms with van der Waals surface area (Å²) in [7, 11) is 0. The molecule has 1 aliphatic rings. The Morgan fingerprint density at radius 2 is 1.69 bits per heavy atom. The van der Waals surface area contributed by atoms with Gasteiger partial charge in [-0.3, -0.25) is 19.2 Å². The number of rotatable bonds is 14. The molecule has 0 aromatic heterocycles. The lowest BCUT2D eigenvalue weighted by molar-refractivity contribution is -0.144. The van der Waals surface area contributed by atoms with Gasteiger partial charge in [0.05, 0.1) is 6.61 Å². The number of nitrogens with two attached hydrogens (primary N) is 1. The van der Waals surface area contributed by atoms with Crippen LogP contribution in [-0.2, 0) is 25.7 Å². The molecule has 2 atom stereocenters. The zero-order chi connectivity index (χ0) is 30.7. The second-order valence-corrected chi connectivity index (χ2v) is 11.8. The van der Waals surface area contributed by atoms with Crippen LogP contribution < -0.4 is 21.1 Å². The molecule has 1 aliphatic heterocycles. The standard InChI is InChI=1S/C31H41ClN4O6/c1-31(2,3)27(30(40)36-16-6-7-25(36)29(39)34-19-21-8-12-23(32)13-9-21)35-26(37)20-41-17-4-5-18-42-24-14-10-22(11-15-24)28(33)38/h8-15,25,27H,4-7,16-20H2,1-3H3,(H2,33,38)(H,34,39)(H,35,37)/t25-,27+/m0/s1. The lowest BCUT2D eigenvalue weighted by Crippen LogP contribution is -2.58. The molecule has 3 rings (SSSR count). The van der Waals surface area contributed by atoms with E-state index in [1.54, 1.807) is 41.3 Å². The molecule has 0 radical (unpaired) electrons. The van der Waals surface area contributed by atoms with Gasteiger partial charge in [0.15, 0.2) is 0 Å². The maximum Gasteiger partial charge on any atom is 0.248 e. The Bertz CT molecular complexity index is 1210. The summed E-state index contributed by atoms with van der Waals surface area (Å²) in [6.45, 7) is 7.05. The first-order chi connectivity index (χ1) is 20.0. The fourth-order valence-corrected chi connectivity index (χ4v) is 4.73. The van der Waals surface area contributed by atoms with E-state index in [1.807, 2.05) is 32.9 Å². The normalized spacial score (nSPS) is 15.6. The van der Waals surface area contributed by atoms with Crippen molar-refractivity contribution in [2.45, 2.75) is 65.1 Å². The maximum atomic E-state index is 13.6. The number of carbonyl (C=O) groups is 4. The molecule has 0 spiro atoms. The van der Waals surface area contributed by atoms with Crippen molar-refractivity contribution < 1.29 is 28.7 Å². The van der Waals surface area contributed by atoms with Crippen LogP contribution in [0.25, 0.3) is 0 Å². The molecule has 4 amide bonds. The molecule has 0 saturated carbocycles. The molecule has 4 N–H and O–H groups in total. The third-order valence-electron chi connectivity index (χ3n) is 6.96. The highest BCUT2D eigenvalue weighted by atomic mass is 35.5. The predicted molar refractivity (Wildman–Crippen MR) is 160 cm³/mol. The van der Waals surface area contributed by atoms with Crippen molar-refractivity contribution in [3.05, 3.63) is 64.7 Å². The molecule has 2 aromatic rings. The first-order valence-electron chi connectivity index (χ1n) is 14.2. The number of carbonyl (C=O) groups excluding carboxylic acids is 4. The summed E-state index contributed by atoms with van der Waals surface area (Å²) in [4.78, 5) is 52.0. The minimum Gasteiger partial charge on any atom is -0.494 e. The molecule has 0 unspecified atom stereocenters. The fraction of sp³-hybridized carbons (Fsp3) is 0.484. The SMILES string of the molecule is CC(C)(C)[C@H](NC(=O)COCCCCOc1ccc(C(N)=O)cc1)C(=O)N1CCC[C@H]1C(=O)NCc1ccc(Cl)cc1. The number of amides is 4. The summed E-state index contributed by atoms with van der Waals surface area (Å²) in [5.74, 6) is -0.741. The van der Waals surface area contributed by atoms with Gasteiger partial charge in [0, 0.05) is 30.3 Å². The van der Waals surface area contributed by atoms with Crippen molar-refractivity contribution in [2.75, 3.05) is 26.4 Å². The van der Waals surface area contributed by atoms with Gasteiger partial charge in [0.25, 0.3) is 0 Å². The first kappa shape index (κ1) is 32.9. The molecule has 10 nitrogen and oxygen atoms in total. The average molecular weight is 601 g/mol. The number of likely N-dealkylation sites (tertiary alicyclic amines) is 1. The zero-order valence-electron chi connectivity index (χ0n) is 24.5. The number of nitrogens with one attached hydrogen (secondary N) is 2. The zero-order valence-corrected chi connectivity index (χ0v) is 25.2. The van der Waals surface area contributed by atoms with Crippen molar-refractivity contribution in [2.24, 2.45) is 11.1 Å². The molecule has 11 heteroatoms. The molecule has 1 fully saturated rings. The molecule has 2 aromatic carbocycles. The Morgan fingerprint density at radius 1 is 1.02 bits per heavy atom. The van der Waals surface area contributed by atoms with E-state index < -0.39 is 29.3 Å². The van der Waals surface area contributed by atoms with E-state index in [9.17, 15) is 19.2 Å². The number of benzene rings is 2. The van der Waals surface area contributed by atoms with Gasteiger partial charge in [0.2, 0.25) is 23.6 Å². The Balaban J connectivity index is 1.42. The van der Waals surface area contributed by atoms with Gasteiger partial charge >= 0.3 is 0 Å². The van der Waals surface area contributed by atoms with Gasteiger partial charge in [0.1, 0.15) is 24.4 Å². The number of primary amides is 1. The predicted octanol–water partition coefficient (Wildman–Crippen LogP) is 3.45. The van der Waals surface area contributed by atoms with Crippen molar-refractivity contribution in [3.63, 3.8) is 0 Å². The summed E-state index contributed by atoms with van der Waals surface area (Å²) >= 11 is 5.93. The Morgan fingerprint density at radius 3 is 2.33 bits per heavy atom. The van der Waals surface area contributed by atoms with E-state index in [0.717, 1.165) is 5.56 Å². The number of hydrogen-bond acceptors (Lipinski definition) is 6. The third kappa shape index (κ3) is 10.0. The Hall–Kier alpha value is -3.63. The summed E-state index contributed by atoms with van der Waals surface area (Å²) < 4.78 is 11.2. The third-order valence-corrected chi connectivity index (χ3v) is 7.21. The van der Waals surface area contributed by atoms with Gasteiger partial charge in [-0.2, -0.15) is 0 Å². The monoisotopic (exact) mass is 600 g/mol. The van der Waals surface area contributed by atoms with Gasteiger partial charge in [-0.15, -0.1) is 0 Å². The van der Waals surface area contributed by atoms with Gasteiger partial charge in [-0.05, 0) is 73.1 Å². The van der Waals surface area contributed by atoms with Crippen LogP contribution in [0.1, 0.15) is 62.4 Å². The van der Waals surface area contributed by atoms with Gasteiger partial charge in [-0.1, -0.05) is 44.5 Å². The number of ether oxygens (including phenoxy) is 2. The maximum absolute atomic E-state index is 13.6. The second-order valence-electron chi connectivity index (χ2n) is 11.4. The summed E-state index contributed by atoms with van der Waals surface area (Å²) in [5, 5.41) is 6.37. The highest BCUT2D eigenvalue weighted by Gasteiger charge is 2.41. The number of nitrogens with zero attached hydrogens (tertiary/aromatic N) is 1. The van der Waals surface area contributed by atoms with Crippen LogP contribution >= 0.6 is 11.6 Å². The molecule has 1 saturated heterocycles. The first-order valence-corrected chi connectivity index (χ1v) is 14.6. The number of hydrogen-bond donors (Lipinski definition) is 3. The number of halogens is 1. The van der Waals surface area contributed by atoms with E-state index in [4.69, 9.17) is 26.8 Å². The molecule has 0 aliphatic carbocycles. The Labute approximate surface area is 252 Å². The lowest BCUT2D eigenvalue weighted by Gasteiger charge is -2.35. The highest BCUT2D eigenvalue weighted by molar-refractivity contribution is 6.30. The smallest absolute Gasteiger partial charge is 0.248 e. The molecule has 228 valence electrons. The topological polar surface area (TPSA) is 140 Å². The van der Waals surface area contributed by atoms with Crippen LogP contribution in [0, 0.1) is 5.41 Å². The van der Waals surface area contributed by atoms with E-state index in [1.165, 1.54) is 0 Å². The molecule has 1 heterocycles. The van der Waals surface area contributed by atoms with Crippen LogP contribution in [0.15, 0.2) is 48.5 Å². The van der Waals surface area contributed by atoms with Crippen LogP contribution in [0.5, 0.6) is 5.75 Å². The van der Waals surface area contributed by atoms with E-state index in [0.29, 0.717) is 68.3 Å². The largest absolute Gasteiger partial charge is 0.494 e. The quantitative estimate of drug-likeness (QED) is 0.284. The van der Waals surface area contributed by atoms with E-state index in [2.05, 4.69) is 10.6 Å². The van der Waals surface area contributed by atoms with E-state index >= 15 is 0 Å². The minimum absolute atomic E-state index is 0.180. The summed E-state index contributed by atoms with van der Waals surface area (Å²) in [6.07, 6.45) is 2.66. The molecular formula is C31H41ClN4O6. The minimum atomic E-state index is -0.812. The summed E-state index contributed by atoms with van der Waals surface area (Å²) in [6, 6.07) is 12.4. The van der Waals surface area contributed by atoms with Crippen molar-refractivity contribution in [1.82, 2.24) is 15.5 Å². The Kier molecular flexibility index (Phi) is 12.2. The van der Waals surface area contributed by atoms with Crippen LogP contribution in [0.2, 0.25) is 5.02 Å². The molecule has 42 heavy (non-hydrogen) atoms. The van der Waals surface area contributed by atoms with Crippen LogP contribution in [-0.4, -0.2) is 67.0 Å².